The maximum Gasteiger partial charge on any atom is 0.146 e. The van der Waals surface area contributed by atoms with Crippen LogP contribution in [0.1, 0.15) is 17.1 Å². The Morgan fingerprint density at radius 1 is 1.30 bits per heavy atom. The lowest BCUT2D eigenvalue weighted by molar-refractivity contribution is 0.414. The maximum absolute atomic E-state index is 8.95. The molecule has 102 valence electrons. The third-order valence-electron chi connectivity index (χ3n) is 2.88. The van der Waals surface area contributed by atoms with Crippen molar-refractivity contribution >= 4 is 5.82 Å². The quantitative estimate of drug-likeness (QED) is 0.851. The molecule has 0 spiro atoms. The summed E-state index contributed by atoms with van der Waals surface area (Å²) in [6.45, 7) is 2.46. The van der Waals surface area contributed by atoms with Crippen LogP contribution in [0, 0.1) is 18.3 Å². The van der Waals surface area contributed by atoms with Crippen molar-refractivity contribution in [1.82, 2.24) is 9.97 Å². The summed E-state index contributed by atoms with van der Waals surface area (Å²) in [7, 11) is 3.58. The predicted molar refractivity (Wildman–Crippen MR) is 76.6 cm³/mol. The number of methoxy groups -OCH3 is 1. The van der Waals surface area contributed by atoms with E-state index in [1.165, 1.54) is 0 Å². The van der Waals surface area contributed by atoms with Gasteiger partial charge in [0.25, 0.3) is 0 Å². The molecule has 0 aliphatic rings. The molecule has 2 rings (SSSR count). The molecule has 1 heterocycles. The number of ether oxygens (including phenoxy) is 1. The molecule has 0 fully saturated rings. The Morgan fingerprint density at radius 2 is 2.10 bits per heavy atom. The molecule has 0 radical (unpaired) electrons. The minimum Gasteiger partial charge on any atom is -0.497 e. The largest absolute Gasteiger partial charge is 0.497 e. The molecule has 0 aliphatic carbocycles. The SMILES string of the molecule is COc1cccc(CN(C)c2cc(C#N)nc(C)n2)c1. The Hall–Kier alpha value is -2.61. The van der Waals surface area contributed by atoms with Crippen LogP contribution in [-0.4, -0.2) is 24.1 Å². The summed E-state index contributed by atoms with van der Waals surface area (Å²) in [4.78, 5) is 10.4. The fourth-order valence-electron chi connectivity index (χ4n) is 1.93. The molecule has 0 amide bonds. The van der Waals surface area contributed by atoms with Crippen molar-refractivity contribution in [2.45, 2.75) is 13.5 Å². The summed E-state index contributed by atoms with van der Waals surface area (Å²) < 4.78 is 5.21. The highest BCUT2D eigenvalue weighted by atomic mass is 16.5. The van der Waals surface area contributed by atoms with Gasteiger partial charge in [-0.15, -0.1) is 0 Å². The van der Waals surface area contributed by atoms with Gasteiger partial charge in [-0.3, -0.25) is 0 Å². The molecule has 0 atom stereocenters. The van der Waals surface area contributed by atoms with Gasteiger partial charge in [0.05, 0.1) is 7.11 Å². The molecule has 0 saturated carbocycles. The fraction of sp³-hybridized carbons (Fsp3) is 0.267. The highest BCUT2D eigenvalue weighted by Crippen LogP contribution is 2.17. The molecule has 5 nitrogen and oxygen atoms in total. The van der Waals surface area contributed by atoms with Gasteiger partial charge in [-0.2, -0.15) is 5.26 Å². The van der Waals surface area contributed by atoms with Gasteiger partial charge in [0.15, 0.2) is 0 Å². The average Bonchev–Trinajstić information content (AvgIpc) is 2.46. The van der Waals surface area contributed by atoms with Crippen molar-refractivity contribution in [2.75, 3.05) is 19.1 Å². The number of benzene rings is 1. The van der Waals surface area contributed by atoms with Crippen LogP contribution >= 0.6 is 0 Å². The molecule has 0 N–H and O–H groups in total. The lowest BCUT2D eigenvalue weighted by atomic mass is 10.2. The second-order valence-electron chi connectivity index (χ2n) is 4.48. The van der Waals surface area contributed by atoms with E-state index in [-0.39, 0.29) is 0 Å². The van der Waals surface area contributed by atoms with Crippen LogP contribution in [0.15, 0.2) is 30.3 Å². The Labute approximate surface area is 118 Å². The first-order valence-electron chi connectivity index (χ1n) is 6.22. The monoisotopic (exact) mass is 268 g/mol. The molecular formula is C15H16N4O. The zero-order valence-electron chi connectivity index (χ0n) is 11.8. The summed E-state index contributed by atoms with van der Waals surface area (Å²) >= 11 is 0. The van der Waals surface area contributed by atoms with E-state index in [1.807, 2.05) is 42.3 Å². The van der Waals surface area contributed by atoms with Gasteiger partial charge in [0, 0.05) is 19.7 Å². The average molecular weight is 268 g/mol. The number of hydrogen-bond donors (Lipinski definition) is 0. The number of hydrogen-bond acceptors (Lipinski definition) is 5. The Morgan fingerprint density at radius 3 is 2.80 bits per heavy atom. The Bertz CT molecular complexity index is 649. The number of nitriles is 1. The normalized spacial score (nSPS) is 9.90. The van der Waals surface area contributed by atoms with Gasteiger partial charge < -0.3 is 9.64 Å². The third kappa shape index (κ3) is 3.23. The van der Waals surface area contributed by atoms with E-state index < -0.39 is 0 Å². The summed E-state index contributed by atoms with van der Waals surface area (Å²) in [6, 6.07) is 11.6. The summed E-state index contributed by atoms with van der Waals surface area (Å²) in [5.74, 6) is 2.15. The minimum atomic E-state index is 0.380. The minimum absolute atomic E-state index is 0.380. The van der Waals surface area contributed by atoms with Crippen LogP contribution in [-0.2, 0) is 6.54 Å². The number of anilines is 1. The molecule has 0 bridgehead atoms. The standard InChI is InChI=1S/C15H16N4O/c1-11-17-13(9-16)8-15(18-11)19(2)10-12-5-4-6-14(7-12)20-3/h4-8H,10H2,1-3H3. The van der Waals surface area contributed by atoms with Gasteiger partial charge in [0.2, 0.25) is 0 Å². The zero-order valence-corrected chi connectivity index (χ0v) is 11.8. The summed E-state index contributed by atoms with van der Waals surface area (Å²) in [6.07, 6.45) is 0. The first-order valence-corrected chi connectivity index (χ1v) is 6.22. The van der Waals surface area contributed by atoms with E-state index in [4.69, 9.17) is 10.00 Å². The van der Waals surface area contributed by atoms with Gasteiger partial charge in [-0.05, 0) is 24.6 Å². The predicted octanol–water partition coefficient (Wildman–Crippen LogP) is 2.30. The molecule has 1 aromatic heterocycles. The van der Waals surface area contributed by atoms with Crippen molar-refractivity contribution in [3.63, 3.8) is 0 Å². The highest BCUT2D eigenvalue weighted by Gasteiger charge is 2.07. The molecule has 2 aromatic rings. The molecule has 20 heavy (non-hydrogen) atoms. The van der Waals surface area contributed by atoms with E-state index in [2.05, 4.69) is 9.97 Å². The summed E-state index contributed by atoms with van der Waals surface area (Å²) in [5, 5.41) is 8.95. The molecule has 1 aromatic carbocycles. The van der Waals surface area contributed by atoms with Gasteiger partial charge in [-0.1, -0.05) is 12.1 Å². The van der Waals surface area contributed by atoms with Crippen LogP contribution in [0.4, 0.5) is 5.82 Å². The topological polar surface area (TPSA) is 62.0 Å². The maximum atomic E-state index is 8.95. The second kappa shape index (κ2) is 6.02. The molecule has 5 heteroatoms. The Balaban J connectivity index is 2.21. The molecule has 0 unspecified atom stereocenters. The van der Waals surface area contributed by atoms with E-state index in [0.29, 0.717) is 18.1 Å². The van der Waals surface area contributed by atoms with Crippen LogP contribution in [0.2, 0.25) is 0 Å². The first kappa shape index (κ1) is 13.8. The van der Waals surface area contributed by atoms with Gasteiger partial charge >= 0.3 is 0 Å². The smallest absolute Gasteiger partial charge is 0.146 e. The van der Waals surface area contributed by atoms with Crippen LogP contribution in [0.25, 0.3) is 0 Å². The van der Waals surface area contributed by atoms with Crippen molar-refractivity contribution in [2.24, 2.45) is 0 Å². The zero-order chi connectivity index (χ0) is 14.5. The van der Waals surface area contributed by atoms with Crippen LogP contribution in [0.3, 0.4) is 0 Å². The van der Waals surface area contributed by atoms with Crippen molar-refractivity contribution < 1.29 is 4.74 Å². The lowest BCUT2D eigenvalue weighted by Crippen LogP contribution is -2.18. The molecular weight excluding hydrogens is 252 g/mol. The van der Waals surface area contributed by atoms with Crippen molar-refractivity contribution in [3.05, 3.63) is 47.4 Å². The highest BCUT2D eigenvalue weighted by molar-refractivity contribution is 5.43. The summed E-state index contributed by atoms with van der Waals surface area (Å²) in [5.41, 5.74) is 1.49. The lowest BCUT2D eigenvalue weighted by Gasteiger charge is -2.19. The van der Waals surface area contributed by atoms with Crippen molar-refractivity contribution in [1.29, 1.82) is 5.26 Å². The first-order chi connectivity index (χ1) is 9.62. The molecule has 0 aliphatic heterocycles. The fourth-order valence-corrected chi connectivity index (χ4v) is 1.93. The van der Waals surface area contributed by atoms with Crippen LogP contribution < -0.4 is 9.64 Å². The van der Waals surface area contributed by atoms with Crippen molar-refractivity contribution in [3.8, 4) is 11.8 Å². The third-order valence-corrected chi connectivity index (χ3v) is 2.88. The second-order valence-corrected chi connectivity index (χ2v) is 4.48. The number of rotatable bonds is 4. The molecule has 0 saturated heterocycles. The van der Waals surface area contributed by atoms with Crippen LogP contribution in [0.5, 0.6) is 5.75 Å². The van der Waals surface area contributed by atoms with E-state index >= 15 is 0 Å². The number of aromatic nitrogens is 2. The van der Waals surface area contributed by atoms with E-state index in [1.54, 1.807) is 20.1 Å². The van der Waals surface area contributed by atoms with Gasteiger partial charge in [-0.25, -0.2) is 9.97 Å². The van der Waals surface area contributed by atoms with E-state index in [0.717, 1.165) is 17.1 Å². The Kier molecular flexibility index (Phi) is 4.16. The number of aryl methyl sites for hydroxylation is 1. The van der Waals surface area contributed by atoms with E-state index in [9.17, 15) is 0 Å². The van der Waals surface area contributed by atoms with Gasteiger partial charge in [0.1, 0.15) is 29.2 Å². The number of nitrogens with zero attached hydrogens (tertiary/aromatic N) is 4.